The van der Waals surface area contributed by atoms with E-state index in [0.717, 1.165) is 66.7 Å². The van der Waals surface area contributed by atoms with E-state index >= 15 is 0 Å². The van der Waals surface area contributed by atoms with Crippen molar-refractivity contribution in [2.45, 2.75) is 0 Å². The second-order valence-electron chi connectivity index (χ2n) is 13.9. The van der Waals surface area contributed by atoms with Crippen LogP contribution in [0.25, 0.3) is 101 Å². The predicted molar refractivity (Wildman–Crippen MR) is 231 cm³/mol. The topological polar surface area (TPSA) is 64.7 Å². The molecule has 0 saturated carbocycles. The van der Waals surface area contributed by atoms with Crippen molar-refractivity contribution < 1.29 is 4.42 Å². The third-order valence-corrected chi connectivity index (χ3v) is 10.2. The summed E-state index contributed by atoms with van der Waals surface area (Å²) in [4.78, 5) is 20.0. The van der Waals surface area contributed by atoms with E-state index in [1.807, 2.05) is 54.6 Å². The molecule has 0 aliphatic heterocycles. The second kappa shape index (κ2) is 14.8. The van der Waals surface area contributed by atoms with Crippen LogP contribution in [0.3, 0.4) is 0 Å². The normalized spacial score (nSPS) is 11.2. The summed E-state index contributed by atoms with van der Waals surface area (Å²) in [7, 11) is 0. The van der Waals surface area contributed by atoms with E-state index in [1.165, 1.54) is 11.1 Å². The third kappa shape index (κ3) is 7.02. The Hall–Kier alpha value is -7.76. The number of hydrogen-bond donors (Lipinski definition) is 0. The fourth-order valence-corrected chi connectivity index (χ4v) is 7.20. The average Bonchev–Trinajstić information content (AvgIpc) is 3.74. The van der Waals surface area contributed by atoms with E-state index < -0.39 is 0 Å². The van der Waals surface area contributed by atoms with Gasteiger partial charge in [0.05, 0.1) is 0 Å². The number of hydrogen-bond acceptors (Lipinski definition) is 5. The summed E-state index contributed by atoms with van der Waals surface area (Å²) in [6.45, 7) is 0. The first-order chi connectivity index (χ1) is 28.2. The van der Waals surface area contributed by atoms with Crippen molar-refractivity contribution in [2.24, 2.45) is 0 Å². The SMILES string of the molecule is c1ccc(-c2cccc(-c3cccc(-c4nc(-c5ccc(-c6ccc7nc(-c8ccccc8)oc7c6)cc5)nc(-c5cccc(-c6ccccc6)c5)n4)c3)c2)cc1. The zero-order chi connectivity index (χ0) is 38.0. The molecule has 0 aliphatic rings. The Labute approximate surface area is 330 Å². The van der Waals surface area contributed by atoms with E-state index in [2.05, 4.69) is 152 Å². The summed E-state index contributed by atoms with van der Waals surface area (Å²) in [5.41, 5.74) is 14.1. The van der Waals surface area contributed by atoms with E-state index in [1.54, 1.807) is 0 Å². The van der Waals surface area contributed by atoms with E-state index in [0.29, 0.717) is 23.4 Å². The molecule has 0 bridgehead atoms. The highest BCUT2D eigenvalue weighted by Crippen LogP contribution is 2.33. The van der Waals surface area contributed by atoms with Crippen LogP contribution < -0.4 is 0 Å². The van der Waals surface area contributed by atoms with Gasteiger partial charge in [-0.05, 0) is 87.0 Å². The molecule has 0 radical (unpaired) electrons. The number of benzene rings is 8. The van der Waals surface area contributed by atoms with Gasteiger partial charge in [0.1, 0.15) is 5.52 Å². The molecule has 57 heavy (non-hydrogen) atoms. The molecule has 5 heteroatoms. The van der Waals surface area contributed by atoms with Gasteiger partial charge < -0.3 is 4.42 Å². The molecule has 10 rings (SSSR count). The number of nitrogens with zero attached hydrogens (tertiary/aromatic N) is 4. The van der Waals surface area contributed by atoms with Gasteiger partial charge in [-0.25, -0.2) is 19.9 Å². The molecule has 0 N–H and O–H groups in total. The van der Waals surface area contributed by atoms with Gasteiger partial charge in [-0.3, -0.25) is 0 Å². The summed E-state index contributed by atoms with van der Waals surface area (Å²) < 4.78 is 6.18. The van der Waals surface area contributed by atoms with E-state index in [-0.39, 0.29) is 0 Å². The molecule has 0 amide bonds. The lowest BCUT2D eigenvalue weighted by atomic mass is 9.98. The highest BCUT2D eigenvalue weighted by Gasteiger charge is 2.15. The largest absolute Gasteiger partial charge is 0.436 e. The van der Waals surface area contributed by atoms with Crippen LogP contribution in [0.15, 0.2) is 211 Å². The van der Waals surface area contributed by atoms with Crippen molar-refractivity contribution in [2.75, 3.05) is 0 Å². The molecular formula is C52H34N4O. The van der Waals surface area contributed by atoms with Gasteiger partial charge in [0, 0.05) is 22.3 Å². The molecule has 0 spiro atoms. The first-order valence-electron chi connectivity index (χ1n) is 19.0. The average molecular weight is 731 g/mol. The van der Waals surface area contributed by atoms with Crippen LogP contribution in [-0.2, 0) is 0 Å². The predicted octanol–water partition coefficient (Wildman–Crippen LogP) is 13.3. The number of aromatic nitrogens is 4. The molecule has 0 aliphatic carbocycles. The highest BCUT2D eigenvalue weighted by atomic mass is 16.3. The zero-order valence-electron chi connectivity index (χ0n) is 30.8. The Morgan fingerprint density at radius 2 is 0.596 bits per heavy atom. The molecule has 0 fully saturated rings. The molecule has 268 valence electrons. The minimum absolute atomic E-state index is 0.598. The van der Waals surface area contributed by atoms with Gasteiger partial charge >= 0.3 is 0 Å². The van der Waals surface area contributed by atoms with Crippen molar-refractivity contribution in [1.29, 1.82) is 0 Å². The first-order valence-corrected chi connectivity index (χ1v) is 19.0. The van der Waals surface area contributed by atoms with Gasteiger partial charge in [-0.15, -0.1) is 0 Å². The van der Waals surface area contributed by atoms with Crippen molar-refractivity contribution in [1.82, 2.24) is 19.9 Å². The Kier molecular flexibility index (Phi) is 8.78. The monoisotopic (exact) mass is 730 g/mol. The van der Waals surface area contributed by atoms with Crippen LogP contribution >= 0.6 is 0 Å². The lowest BCUT2D eigenvalue weighted by Crippen LogP contribution is -2.00. The quantitative estimate of drug-likeness (QED) is 0.156. The molecule has 0 unspecified atom stereocenters. The standard InChI is InChI=1S/C52H34N4O/c1-4-13-35(14-5-1)40-19-10-21-42(31-40)43-22-12-24-46(33-43)51-55-49(54-50(56-51)45-23-11-20-41(32-45)36-15-6-2-7-16-36)38-27-25-37(26-28-38)44-29-30-47-48(34-44)57-52(53-47)39-17-8-3-9-18-39/h1-34H. The van der Waals surface area contributed by atoms with Crippen molar-refractivity contribution in [3.05, 3.63) is 206 Å². The fraction of sp³-hybridized carbons (Fsp3) is 0. The number of rotatable bonds is 8. The summed E-state index contributed by atoms with van der Waals surface area (Å²) in [6.07, 6.45) is 0. The molecule has 2 aromatic heterocycles. The van der Waals surface area contributed by atoms with Crippen LogP contribution in [0.1, 0.15) is 0 Å². The van der Waals surface area contributed by atoms with Gasteiger partial charge in [0.15, 0.2) is 23.1 Å². The maximum Gasteiger partial charge on any atom is 0.227 e. The molecule has 8 aromatic carbocycles. The molecule has 0 saturated heterocycles. The first kappa shape index (κ1) is 33.8. The summed E-state index contributed by atoms with van der Waals surface area (Å²) in [6, 6.07) is 70.8. The molecule has 5 nitrogen and oxygen atoms in total. The summed E-state index contributed by atoms with van der Waals surface area (Å²) in [5.74, 6) is 2.43. The Bertz CT molecular complexity index is 3000. The highest BCUT2D eigenvalue weighted by molar-refractivity contribution is 5.83. The summed E-state index contributed by atoms with van der Waals surface area (Å²) in [5, 5.41) is 0. The number of fused-ring (bicyclic) bond motifs is 1. The van der Waals surface area contributed by atoms with Crippen molar-refractivity contribution >= 4 is 11.1 Å². The van der Waals surface area contributed by atoms with Crippen molar-refractivity contribution in [3.8, 4) is 90.1 Å². The van der Waals surface area contributed by atoms with Gasteiger partial charge in [0.25, 0.3) is 0 Å². The maximum absolute atomic E-state index is 6.18. The minimum Gasteiger partial charge on any atom is -0.436 e. The second-order valence-corrected chi connectivity index (χ2v) is 13.9. The van der Waals surface area contributed by atoms with Crippen LogP contribution in [-0.4, -0.2) is 19.9 Å². The smallest absolute Gasteiger partial charge is 0.227 e. The molecule has 2 heterocycles. The molecule has 0 atom stereocenters. The van der Waals surface area contributed by atoms with Crippen LogP contribution in [0, 0.1) is 0 Å². The Morgan fingerprint density at radius 1 is 0.246 bits per heavy atom. The minimum atomic E-state index is 0.598. The lowest BCUT2D eigenvalue weighted by molar-refractivity contribution is 0.620. The van der Waals surface area contributed by atoms with Gasteiger partial charge in [0.2, 0.25) is 5.89 Å². The summed E-state index contributed by atoms with van der Waals surface area (Å²) >= 11 is 0. The molecule has 10 aromatic rings. The Morgan fingerprint density at radius 3 is 1.12 bits per heavy atom. The Balaban J connectivity index is 1.03. The zero-order valence-corrected chi connectivity index (χ0v) is 30.8. The van der Waals surface area contributed by atoms with Crippen LogP contribution in [0.5, 0.6) is 0 Å². The maximum atomic E-state index is 6.18. The van der Waals surface area contributed by atoms with E-state index in [9.17, 15) is 0 Å². The van der Waals surface area contributed by atoms with Gasteiger partial charge in [-0.2, -0.15) is 0 Å². The van der Waals surface area contributed by atoms with Crippen LogP contribution in [0.2, 0.25) is 0 Å². The number of oxazole rings is 1. The van der Waals surface area contributed by atoms with Crippen LogP contribution in [0.4, 0.5) is 0 Å². The fourth-order valence-electron chi connectivity index (χ4n) is 7.20. The molecular weight excluding hydrogens is 697 g/mol. The van der Waals surface area contributed by atoms with Crippen molar-refractivity contribution in [3.63, 3.8) is 0 Å². The lowest BCUT2D eigenvalue weighted by Gasteiger charge is -2.11. The van der Waals surface area contributed by atoms with Gasteiger partial charge in [-0.1, -0.05) is 164 Å². The third-order valence-electron chi connectivity index (χ3n) is 10.2. The van der Waals surface area contributed by atoms with E-state index in [4.69, 9.17) is 24.4 Å².